The van der Waals surface area contributed by atoms with Gasteiger partial charge in [0.05, 0.1) is 11.4 Å². The van der Waals surface area contributed by atoms with Gasteiger partial charge in [-0.05, 0) is 42.5 Å². The van der Waals surface area contributed by atoms with Gasteiger partial charge in [-0.3, -0.25) is 0 Å². The molecule has 0 aliphatic carbocycles. The number of anilines is 3. The van der Waals surface area contributed by atoms with Gasteiger partial charge in [0, 0.05) is 36.9 Å². The van der Waals surface area contributed by atoms with Crippen molar-refractivity contribution in [1.82, 2.24) is 0 Å². The van der Waals surface area contributed by atoms with Crippen LogP contribution in [0.2, 0.25) is 5.02 Å². The van der Waals surface area contributed by atoms with E-state index in [0.717, 1.165) is 43.2 Å². The summed E-state index contributed by atoms with van der Waals surface area (Å²) in [7, 11) is 0. The number of piperazine rings is 1. The van der Waals surface area contributed by atoms with Crippen LogP contribution in [0.4, 0.5) is 21.5 Å². The molecule has 0 saturated carbocycles. The van der Waals surface area contributed by atoms with Crippen molar-refractivity contribution in [2.45, 2.75) is 0 Å². The molecule has 0 unspecified atom stereocenters. The Balaban J connectivity index is 1.70. The molecule has 1 aliphatic heterocycles. The van der Waals surface area contributed by atoms with Crippen molar-refractivity contribution in [3.8, 4) is 0 Å². The van der Waals surface area contributed by atoms with Gasteiger partial charge >= 0.3 is 0 Å². The highest BCUT2D eigenvalue weighted by atomic mass is 35.5. The fraction of sp³-hybridized carbons (Fsp3) is 0.250. The highest BCUT2D eigenvalue weighted by molar-refractivity contribution is 6.31. The van der Waals surface area contributed by atoms with Crippen LogP contribution in [0.1, 0.15) is 0 Å². The minimum absolute atomic E-state index is 0.205. The van der Waals surface area contributed by atoms with Gasteiger partial charge in [-0.2, -0.15) is 0 Å². The highest BCUT2D eigenvalue weighted by Crippen LogP contribution is 2.28. The Morgan fingerprint density at radius 1 is 0.905 bits per heavy atom. The maximum absolute atomic E-state index is 13.0. The maximum atomic E-state index is 13.0. The van der Waals surface area contributed by atoms with E-state index in [1.807, 2.05) is 24.3 Å². The molecular weight excluding hydrogens is 289 g/mol. The molecule has 0 atom stereocenters. The third-order valence-corrected chi connectivity index (χ3v) is 4.04. The Morgan fingerprint density at radius 2 is 1.52 bits per heavy atom. The van der Waals surface area contributed by atoms with Gasteiger partial charge in [-0.1, -0.05) is 11.6 Å². The van der Waals surface area contributed by atoms with E-state index in [2.05, 4.69) is 9.80 Å². The Hall–Kier alpha value is -1.94. The quantitative estimate of drug-likeness (QED) is 0.863. The first-order valence-corrected chi connectivity index (χ1v) is 7.32. The van der Waals surface area contributed by atoms with E-state index in [1.54, 1.807) is 6.07 Å². The van der Waals surface area contributed by atoms with Crippen molar-refractivity contribution >= 4 is 28.7 Å². The second kappa shape index (κ2) is 5.82. The van der Waals surface area contributed by atoms with Crippen LogP contribution < -0.4 is 15.5 Å². The van der Waals surface area contributed by atoms with E-state index in [0.29, 0.717) is 5.02 Å². The standard InChI is InChI=1S/C16H17ClFN3/c17-12-1-6-15(19)16(11-12)21-9-7-20(8-10-21)14-4-2-13(18)3-5-14/h1-6,11H,7-10,19H2. The smallest absolute Gasteiger partial charge is 0.123 e. The number of halogens is 2. The van der Waals surface area contributed by atoms with Crippen LogP contribution in [-0.2, 0) is 0 Å². The maximum Gasteiger partial charge on any atom is 0.123 e. The molecule has 0 radical (unpaired) electrons. The lowest BCUT2D eigenvalue weighted by atomic mass is 10.2. The minimum atomic E-state index is -0.205. The summed E-state index contributed by atoms with van der Waals surface area (Å²) in [6.07, 6.45) is 0. The molecule has 1 aliphatic rings. The van der Waals surface area contributed by atoms with Crippen molar-refractivity contribution < 1.29 is 4.39 Å². The average Bonchev–Trinajstić information content (AvgIpc) is 2.51. The molecule has 2 aromatic rings. The SMILES string of the molecule is Nc1ccc(Cl)cc1N1CCN(c2ccc(F)cc2)CC1. The van der Waals surface area contributed by atoms with Gasteiger partial charge in [-0.15, -0.1) is 0 Å². The zero-order valence-electron chi connectivity index (χ0n) is 11.6. The summed E-state index contributed by atoms with van der Waals surface area (Å²) in [5.74, 6) is -0.205. The van der Waals surface area contributed by atoms with Crippen LogP contribution in [0.3, 0.4) is 0 Å². The monoisotopic (exact) mass is 305 g/mol. The predicted molar refractivity (Wildman–Crippen MR) is 86.7 cm³/mol. The number of hydrogen-bond donors (Lipinski definition) is 1. The molecule has 5 heteroatoms. The second-order valence-electron chi connectivity index (χ2n) is 5.15. The van der Waals surface area contributed by atoms with Crippen molar-refractivity contribution in [3.05, 3.63) is 53.3 Å². The molecule has 0 aromatic heterocycles. The molecular formula is C16H17ClFN3. The lowest BCUT2D eigenvalue weighted by molar-refractivity contribution is 0.625. The molecule has 0 bridgehead atoms. The summed E-state index contributed by atoms with van der Waals surface area (Å²) >= 11 is 6.05. The first kappa shape index (κ1) is 14.0. The van der Waals surface area contributed by atoms with E-state index in [1.165, 1.54) is 12.1 Å². The van der Waals surface area contributed by atoms with E-state index in [-0.39, 0.29) is 5.82 Å². The Labute approximate surface area is 128 Å². The number of rotatable bonds is 2. The Morgan fingerprint density at radius 3 is 2.19 bits per heavy atom. The first-order valence-electron chi connectivity index (χ1n) is 6.94. The summed E-state index contributed by atoms with van der Waals surface area (Å²) in [5, 5.41) is 0.695. The molecule has 21 heavy (non-hydrogen) atoms. The van der Waals surface area contributed by atoms with Crippen LogP contribution in [-0.4, -0.2) is 26.2 Å². The summed E-state index contributed by atoms with van der Waals surface area (Å²) in [5.41, 5.74) is 8.81. The summed E-state index contributed by atoms with van der Waals surface area (Å²) < 4.78 is 13.0. The minimum Gasteiger partial charge on any atom is -0.397 e. The molecule has 0 spiro atoms. The highest BCUT2D eigenvalue weighted by Gasteiger charge is 2.19. The first-order chi connectivity index (χ1) is 10.1. The second-order valence-corrected chi connectivity index (χ2v) is 5.59. The van der Waals surface area contributed by atoms with Gasteiger partial charge in [-0.25, -0.2) is 4.39 Å². The zero-order chi connectivity index (χ0) is 14.8. The van der Waals surface area contributed by atoms with Gasteiger partial charge in [0.1, 0.15) is 5.82 Å². The molecule has 1 saturated heterocycles. The van der Waals surface area contributed by atoms with Crippen LogP contribution >= 0.6 is 11.6 Å². The fourth-order valence-corrected chi connectivity index (χ4v) is 2.81. The molecule has 1 heterocycles. The van der Waals surface area contributed by atoms with Gasteiger partial charge in [0.2, 0.25) is 0 Å². The van der Waals surface area contributed by atoms with Crippen molar-refractivity contribution in [2.75, 3.05) is 41.7 Å². The lowest BCUT2D eigenvalue weighted by Crippen LogP contribution is -2.46. The van der Waals surface area contributed by atoms with Gasteiger partial charge in [0.25, 0.3) is 0 Å². The third-order valence-electron chi connectivity index (χ3n) is 3.80. The van der Waals surface area contributed by atoms with Crippen LogP contribution in [0.5, 0.6) is 0 Å². The normalized spacial score (nSPS) is 15.3. The Kier molecular flexibility index (Phi) is 3.88. The third kappa shape index (κ3) is 3.05. The Bertz CT molecular complexity index is 622. The van der Waals surface area contributed by atoms with E-state index >= 15 is 0 Å². The van der Waals surface area contributed by atoms with Crippen LogP contribution in [0.15, 0.2) is 42.5 Å². The van der Waals surface area contributed by atoms with Gasteiger partial charge < -0.3 is 15.5 Å². The largest absolute Gasteiger partial charge is 0.397 e. The molecule has 0 amide bonds. The average molecular weight is 306 g/mol. The van der Waals surface area contributed by atoms with Gasteiger partial charge in [0.15, 0.2) is 0 Å². The zero-order valence-corrected chi connectivity index (χ0v) is 12.4. The van der Waals surface area contributed by atoms with E-state index in [9.17, 15) is 4.39 Å². The predicted octanol–water partition coefficient (Wildman–Crippen LogP) is 3.39. The molecule has 3 rings (SSSR count). The van der Waals surface area contributed by atoms with Crippen LogP contribution in [0, 0.1) is 5.82 Å². The topological polar surface area (TPSA) is 32.5 Å². The molecule has 2 N–H and O–H groups in total. The van der Waals surface area contributed by atoms with Crippen molar-refractivity contribution in [3.63, 3.8) is 0 Å². The number of nitrogens with zero attached hydrogens (tertiary/aromatic N) is 2. The number of nitrogens with two attached hydrogens (primary N) is 1. The summed E-state index contributed by atoms with van der Waals surface area (Å²) in [4.78, 5) is 4.48. The van der Waals surface area contributed by atoms with E-state index in [4.69, 9.17) is 17.3 Å². The van der Waals surface area contributed by atoms with Crippen LogP contribution in [0.25, 0.3) is 0 Å². The summed E-state index contributed by atoms with van der Waals surface area (Å²) in [6.45, 7) is 3.47. The van der Waals surface area contributed by atoms with Crippen molar-refractivity contribution in [2.24, 2.45) is 0 Å². The number of nitrogen functional groups attached to an aromatic ring is 1. The molecule has 2 aromatic carbocycles. The van der Waals surface area contributed by atoms with E-state index < -0.39 is 0 Å². The molecule has 110 valence electrons. The van der Waals surface area contributed by atoms with Crippen molar-refractivity contribution in [1.29, 1.82) is 0 Å². The number of hydrogen-bond acceptors (Lipinski definition) is 3. The molecule has 1 fully saturated rings. The lowest BCUT2D eigenvalue weighted by Gasteiger charge is -2.37. The summed E-state index contributed by atoms with van der Waals surface area (Å²) in [6, 6.07) is 12.2. The fourth-order valence-electron chi connectivity index (χ4n) is 2.65. The number of benzene rings is 2. The molecule has 3 nitrogen and oxygen atoms in total.